The Balaban J connectivity index is 1.28. The summed E-state index contributed by atoms with van der Waals surface area (Å²) >= 11 is 1.72. The van der Waals surface area contributed by atoms with Gasteiger partial charge in [-0.25, -0.2) is 9.67 Å². The molecule has 0 saturated carbocycles. The molecule has 1 amide bonds. The average Bonchev–Trinajstić information content (AvgIpc) is 3.45. The smallest absolute Gasteiger partial charge is 0.223 e. The number of carbonyl (C=O) groups excluding carboxylic acids is 1. The molecule has 0 aliphatic carbocycles. The minimum absolute atomic E-state index is 0.107. The summed E-state index contributed by atoms with van der Waals surface area (Å²) in [5.74, 6) is 0.214. The van der Waals surface area contributed by atoms with Crippen molar-refractivity contribution in [2.75, 3.05) is 6.54 Å². The Hall–Kier alpha value is -2.99. The molecule has 6 heteroatoms. The van der Waals surface area contributed by atoms with E-state index in [0.29, 0.717) is 12.8 Å². The Morgan fingerprint density at radius 2 is 1.90 bits per heavy atom. The molecule has 2 aromatic heterocycles. The molecule has 2 aromatic carbocycles. The number of hydrogen-bond donors (Lipinski definition) is 0. The van der Waals surface area contributed by atoms with E-state index in [2.05, 4.69) is 22.1 Å². The Morgan fingerprint density at radius 1 is 1.07 bits per heavy atom. The zero-order chi connectivity index (χ0) is 20.3. The van der Waals surface area contributed by atoms with Crippen LogP contribution in [0, 0.1) is 0 Å². The second-order valence-electron chi connectivity index (χ2n) is 7.75. The standard InChI is InChI=1S/C24H24N4OS/c29-23(14-13-18-16-25-28(17-18)19-8-2-1-3-9-19)27-15-7-6-11-21(27)24-26-20-10-4-5-12-22(20)30-24/h1-5,8-10,12,16-17,21H,6-7,11,13-15H2/t21-/m0/s1. The molecular formula is C24H24N4OS. The maximum absolute atomic E-state index is 13.1. The number of nitrogens with zero attached hydrogens (tertiary/aromatic N) is 4. The second kappa shape index (κ2) is 8.40. The number of piperidine rings is 1. The lowest BCUT2D eigenvalue weighted by molar-refractivity contribution is -0.135. The van der Waals surface area contributed by atoms with Crippen molar-refractivity contribution in [3.05, 3.63) is 77.6 Å². The summed E-state index contributed by atoms with van der Waals surface area (Å²) in [7, 11) is 0. The Kier molecular flexibility index (Phi) is 5.32. The van der Waals surface area contributed by atoms with Gasteiger partial charge in [-0.05, 0) is 55.5 Å². The minimum Gasteiger partial charge on any atom is -0.333 e. The molecule has 30 heavy (non-hydrogen) atoms. The molecule has 1 aliphatic heterocycles. The van der Waals surface area contributed by atoms with E-state index in [9.17, 15) is 4.79 Å². The lowest BCUT2D eigenvalue weighted by Crippen LogP contribution is -2.38. The molecule has 5 rings (SSSR count). The van der Waals surface area contributed by atoms with Gasteiger partial charge in [0, 0.05) is 19.2 Å². The number of amides is 1. The van der Waals surface area contributed by atoms with Gasteiger partial charge in [-0.15, -0.1) is 11.3 Å². The van der Waals surface area contributed by atoms with Gasteiger partial charge in [0.05, 0.1) is 28.1 Å². The van der Waals surface area contributed by atoms with Crippen LogP contribution >= 0.6 is 11.3 Å². The quantitative estimate of drug-likeness (QED) is 0.451. The third kappa shape index (κ3) is 3.87. The van der Waals surface area contributed by atoms with Crippen molar-refractivity contribution in [3.63, 3.8) is 0 Å². The van der Waals surface area contributed by atoms with Crippen LogP contribution in [0.2, 0.25) is 0 Å². The van der Waals surface area contributed by atoms with Gasteiger partial charge in [-0.1, -0.05) is 30.3 Å². The van der Waals surface area contributed by atoms with Gasteiger partial charge in [-0.3, -0.25) is 4.79 Å². The summed E-state index contributed by atoms with van der Waals surface area (Å²) in [6.07, 6.45) is 8.30. The number of aryl methyl sites for hydroxylation is 1. The summed E-state index contributed by atoms with van der Waals surface area (Å²) in [5.41, 5.74) is 3.14. The van der Waals surface area contributed by atoms with E-state index in [1.165, 1.54) is 4.70 Å². The average molecular weight is 417 g/mol. The number of carbonyl (C=O) groups is 1. The third-order valence-electron chi connectivity index (χ3n) is 5.70. The first-order valence-electron chi connectivity index (χ1n) is 10.5. The highest BCUT2D eigenvalue weighted by Crippen LogP contribution is 2.36. The molecule has 152 valence electrons. The van der Waals surface area contributed by atoms with Crippen LogP contribution in [0.4, 0.5) is 0 Å². The van der Waals surface area contributed by atoms with Crippen molar-refractivity contribution in [2.24, 2.45) is 0 Å². The summed E-state index contributed by atoms with van der Waals surface area (Å²) < 4.78 is 3.06. The molecule has 0 bridgehead atoms. The van der Waals surface area contributed by atoms with Crippen molar-refractivity contribution >= 4 is 27.5 Å². The molecule has 1 fully saturated rings. The van der Waals surface area contributed by atoms with E-state index in [1.54, 1.807) is 11.3 Å². The van der Waals surface area contributed by atoms with Crippen LogP contribution in [0.15, 0.2) is 67.0 Å². The van der Waals surface area contributed by atoms with Crippen LogP contribution in [0.1, 0.15) is 42.3 Å². The van der Waals surface area contributed by atoms with Crippen molar-refractivity contribution < 1.29 is 4.79 Å². The topological polar surface area (TPSA) is 51.0 Å². The van der Waals surface area contributed by atoms with Gasteiger partial charge in [0.1, 0.15) is 5.01 Å². The molecule has 1 saturated heterocycles. The van der Waals surface area contributed by atoms with Gasteiger partial charge in [-0.2, -0.15) is 5.10 Å². The summed E-state index contributed by atoms with van der Waals surface area (Å²) in [6.45, 7) is 0.822. The lowest BCUT2D eigenvalue weighted by Gasteiger charge is -2.34. The van der Waals surface area contributed by atoms with E-state index in [1.807, 2.05) is 59.5 Å². The molecule has 4 aromatic rings. The zero-order valence-corrected chi connectivity index (χ0v) is 17.6. The monoisotopic (exact) mass is 416 g/mol. The number of benzene rings is 2. The lowest BCUT2D eigenvalue weighted by atomic mass is 10.0. The van der Waals surface area contributed by atoms with Crippen LogP contribution in [0.25, 0.3) is 15.9 Å². The van der Waals surface area contributed by atoms with Gasteiger partial charge >= 0.3 is 0 Å². The SMILES string of the molecule is O=C(CCc1cnn(-c2ccccc2)c1)N1CCCC[C@H]1c1nc2ccccc2s1. The van der Waals surface area contributed by atoms with E-state index in [0.717, 1.165) is 47.6 Å². The van der Waals surface area contributed by atoms with E-state index in [4.69, 9.17) is 4.98 Å². The summed E-state index contributed by atoms with van der Waals surface area (Å²) in [5, 5.41) is 5.52. The minimum atomic E-state index is 0.107. The number of para-hydroxylation sites is 2. The maximum atomic E-state index is 13.1. The van der Waals surface area contributed by atoms with Gasteiger partial charge in [0.25, 0.3) is 0 Å². The van der Waals surface area contributed by atoms with Gasteiger partial charge in [0.2, 0.25) is 5.91 Å². The van der Waals surface area contributed by atoms with Gasteiger partial charge in [0.15, 0.2) is 0 Å². The Morgan fingerprint density at radius 3 is 2.77 bits per heavy atom. The fourth-order valence-corrected chi connectivity index (χ4v) is 5.24. The fourth-order valence-electron chi connectivity index (χ4n) is 4.13. The number of rotatable bonds is 5. The van der Waals surface area contributed by atoms with Crippen molar-refractivity contribution in [3.8, 4) is 5.69 Å². The third-order valence-corrected chi connectivity index (χ3v) is 6.84. The molecule has 0 radical (unpaired) electrons. The molecule has 0 N–H and O–H groups in total. The first kappa shape index (κ1) is 19.0. The van der Waals surface area contributed by atoms with Crippen LogP contribution < -0.4 is 0 Å². The first-order valence-corrected chi connectivity index (χ1v) is 11.3. The molecule has 0 unspecified atom stereocenters. The zero-order valence-electron chi connectivity index (χ0n) is 16.8. The predicted octanol–water partition coefficient (Wildman–Crippen LogP) is 5.17. The first-order chi connectivity index (χ1) is 14.8. The molecule has 5 nitrogen and oxygen atoms in total. The summed E-state index contributed by atoms with van der Waals surface area (Å²) in [4.78, 5) is 20.0. The maximum Gasteiger partial charge on any atom is 0.223 e. The second-order valence-corrected chi connectivity index (χ2v) is 8.81. The number of aromatic nitrogens is 3. The van der Waals surface area contributed by atoms with E-state index in [-0.39, 0.29) is 11.9 Å². The van der Waals surface area contributed by atoms with Gasteiger partial charge < -0.3 is 4.90 Å². The highest BCUT2D eigenvalue weighted by molar-refractivity contribution is 7.18. The van der Waals surface area contributed by atoms with Crippen LogP contribution in [0.3, 0.4) is 0 Å². The molecule has 3 heterocycles. The fraction of sp³-hybridized carbons (Fsp3) is 0.292. The Labute approximate surface area is 180 Å². The van der Waals surface area contributed by atoms with E-state index >= 15 is 0 Å². The van der Waals surface area contributed by atoms with Crippen molar-refractivity contribution in [1.82, 2.24) is 19.7 Å². The number of fused-ring (bicyclic) bond motifs is 1. The molecule has 1 atom stereocenters. The largest absolute Gasteiger partial charge is 0.333 e. The normalized spacial score (nSPS) is 16.8. The number of thiazole rings is 1. The molecule has 1 aliphatic rings. The highest BCUT2D eigenvalue weighted by atomic mass is 32.1. The van der Waals surface area contributed by atoms with Crippen LogP contribution in [-0.4, -0.2) is 32.1 Å². The number of likely N-dealkylation sites (tertiary alicyclic amines) is 1. The number of hydrogen-bond acceptors (Lipinski definition) is 4. The predicted molar refractivity (Wildman–Crippen MR) is 120 cm³/mol. The van der Waals surface area contributed by atoms with Crippen molar-refractivity contribution in [2.45, 2.75) is 38.1 Å². The Bertz CT molecular complexity index is 1120. The van der Waals surface area contributed by atoms with Crippen molar-refractivity contribution in [1.29, 1.82) is 0 Å². The van der Waals surface area contributed by atoms with E-state index < -0.39 is 0 Å². The highest BCUT2D eigenvalue weighted by Gasteiger charge is 2.30. The van der Waals surface area contributed by atoms with Crippen LogP contribution in [-0.2, 0) is 11.2 Å². The molecule has 0 spiro atoms. The summed E-state index contributed by atoms with van der Waals surface area (Å²) in [6, 6.07) is 18.4. The van der Waals surface area contributed by atoms with Crippen LogP contribution in [0.5, 0.6) is 0 Å². The molecular weight excluding hydrogens is 392 g/mol.